The standard InChI is InChI=1S/C14H16O4/c1-3-5-13(17)14(18)9(2)10-6-4-7-12(16)11(10)8-15/h3-8,13-14,16-18H,2H2,1H3/t13-,14-/m0/s1. The van der Waals surface area contributed by atoms with Crippen LogP contribution in [-0.4, -0.2) is 33.8 Å². The van der Waals surface area contributed by atoms with Crippen LogP contribution < -0.4 is 0 Å². The molecular formula is C14H16O4. The fraction of sp³-hybridized carbons (Fsp3) is 0.214. The Morgan fingerprint density at radius 1 is 1.39 bits per heavy atom. The molecule has 1 aromatic carbocycles. The average Bonchev–Trinajstić information content (AvgIpc) is 2.37. The Morgan fingerprint density at radius 2 is 2.06 bits per heavy atom. The van der Waals surface area contributed by atoms with Crippen molar-refractivity contribution in [1.82, 2.24) is 0 Å². The maximum atomic E-state index is 10.9. The minimum Gasteiger partial charge on any atom is -0.507 e. The molecule has 0 radical (unpaired) electrons. The lowest BCUT2D eigenvalue weighted by Crippen LogP contribution is -2.25. The molecule has 4 nitrogen and oxygen atoms in total. The van der Waals surface area contributed by atoms with Crippen molar-refractivity contribution in [2.45, 2.75) is 19.1 Å². The molecule has 0 heterocycles. The van der Waals surface area contributed by atoms with Crippen molar-refractivity contribution < 1.29 is 20.1 Å². The number of hydrogen-bond acceptors (Lipinski definition) is 4. The minimum absolute atomic E-state index is 0.0502. The van der Waals surface area contributed by atoms with E-state index in [9.17, 15) is 20.1 Å². The second kappa shape index (κ2) is 6.14. The van der Waals surface area contributed by atoms with E-state index < -0.39 is 12.2 Å². The van der Waals surface area contributed by atoms with Gasteiger partial charge in [0.25, 0.3) is 0 Å². The van der Waals surface area contributed by atoms with Crippen LogP contribution in [0.1, 0.15) is 22.8 Å². The van der Waals surface area contributed by atoms with Crippen molar-refractivity contribution in [1.29, 1.82) is 0 Å². The first kappa shape index (κ1) is 14.2. The van der Waals surface area contributed by atoms with Gasteiger partial charge in [0.1, 0.15) is 18.0 Å². The van der Waals surface area contributed by atoms with Gasteiger partial charge in [-0.15, -0.1) is 0 Å². The van der Waals surface area contributed by atoms with Gasteiger partial charge >= 0.3 is 0 Å². The Kier molecular flexibility index (Phi) is 4.83. The third-order valence-electron chi connectivity index (χ3n) is 2.62. The molecule has 1 aromatic rings. The van der Waals surface area contributed by atoms with Crippen molar-refractivity contribution in [2.24, 2.45) is 0 Å². The van der Waals surface area contributed by atoms with Crippen LogP contribution >= 0.6 is 0 Å². The number of aldehydes is 1. The van der Waals surface area contributed by atoms with Crippen LogP contribution in [0.15, 0.2) is 36.9 Å². The van der Waals surface area contributed by atoms with Gasteiger partial charge in [-0.05, 0) is 24.1 Å². The Hall–Kier alpha value is -1.91. The number of allylic oxidation sites excluding steroid dienone is 1. The molecule has 0 bridgehead atoms. The monoisotopic (exact) mass is 248 g/mol. The zero-order chi connectivity index (χ0) is 13.7. The Balaban J connectivity index is 3.11. The van der Waals surface area contributed by atoms with Gasteiger partial charge < -0.3 is 15.3 Å². The van der Waals surface area contributed by atoms with E-state index in [1.165, 1.54) is 18.2 Å². The molecule has 18 heavy (non-hydrogen) atoms. The van der Waals surface area contributed by atoms with Gasteiger partial charge in [0.15, 0.2) is 6.29 Å². The molecule has 0 amide bonds. The maximum absolute atomic E-state index is 10.9. The third-order valence-corrected chi connectivity index (χ3v) is 2.62. The number of rotatable bonds is 5. The third kappa shape index (κ3) is 2.85. The quantitative estimate of drug-likeness (QED) is 0.545. The molecule has 2 atom stereocenters. The predicted molar refractivity (Wildman–Crippen MR) is 69.4 cm³/mol. The molecular weight excluding hydrogens is 232 g/mol. The number of benzene rings is 1. The zero-order valence-electron chi connectivity index (χ0n) is 10.1. The van der Waals surface area contributed by atoms with Crippen molar-refractivity contribution in [3.8, 4) is 5.75 Å². The van der Waals surface area contributed by atoms with Gasteiger partial charge in [-0.1, -0.05) is 30.9 Å². The number of aliphatic hydroxyl groups is 2. The van der Waals surface area contributed by atoms with Crippen LogP contribution in [0.5, 0.6) is 5.75 Å². The minimum atomic E-state index is -1.23. The van der Waals surface area contributed by atoms with Crippen LogP contribution in [0, 0.1) is 0 Å². The number of aromatic hydroxyl groups is 1. The zero-order valence-corrected chi connectivity index (χ0v) is 10.1. The fourth-order valence-corrected chi connectivity index (χ4v) is 1.62. The first-order valence-electron chi connectivity index (χ1n) is 5.48. The van der Waals surface area contributed by atoms with Crippen LogP contribution in [0.3, 0.4) is 0 Å². The highest BCUT2D eigenvalue weighted by atomic mass is 16.3. The van der Waals surface area contributed by atoms with Crippen molar-refractivity contribution in [2.75, 3.05) is 0 Å². The van der Waals surface area contributed by atoms with E-state index in [2.05, 4.69) is 6.58 Å². The molecule has 96 valence electrons. The van der Waals surface area contributed by atoms with Gasteiger partial charge in [-0.3, -0.25) is 4.79 Å². The molecule has 0 fully saturated rings. The molecule has 3 N–H and O–H groups in total. The van der Waals surface area contributed by atoms with E-state index in [0.29, 0.717) is 11.8 Å². The van der Waals surface area contributed by atoms with E-state index >= 15 is 0 Å². The average molecular weight is 248 g/mol. The van der Waals surface area contributed by atoms with Gasteiger partial charge in [0.05, 0.1) is 5.56 Å². The number of carbonyl (C=O) groups excluding carboxylic acids is 1. The summed E-state index contributed by atoms with van der Waals surface area (Å²) in [4.78, 5) is 10.9. The number of aliphatic hydroxyl groups excluding tert-OH is 2. The molecule has 0 aliphatic heterocycles. The number of phenolic OH excluding ortho intramolecular Hbond substituents is 1. The summed E-state index contributed by atoms with van der Waals surface area (Å²) in [7, 11) is 0. The fourth-order valence-electron chi connectivity index (χ4n) is 1.62. The summed E-state index contributed by atoms with van der Waals surface area (Å²) >= 11 is 0. The molecule has 0 spiro atoms. The SMILES string of the molecule is C=C(c1cccc(O)c1C=O)[C@H](O)[C@@H](O)C=CC. The molecule has 1 rings (SSSR count). The number of carbonyl (C=O) groups is 1. The highest BCUT2D eigenvalue weighted by Crippen LogP contribution is 2.27. The highest BCUT2D eigenvalue weighted by Gasteiger charge is 2.20. The maximum Gasteiger partial charge on any atom is 0.154 e. The lowest BCUT2D eigenvalue weighted by atomic mass is 9.94. The predicted octanol–water partition coefficient (Wildman–Crippen LogP) is 1.52. The Labute approximate surface area is 106 Å². The molecule has 0 unspecified atom stereocenters. The van der Waals surface area contributed by atoms with Crippen molar-refractivity contribution in [3.05, 3.63) is 48.1 Å². The highest BCUT2D eigenvalue weighted by molar-refractivity contribution is 5.89. The second-order valence-electron chi connectivity index (χ2n) is 3.84. The summed E-state index contributed by atoms with van der Waals surface area (Å²) in [6.07, 6.45) is 1.17. The van der Waals surface area contributed by atoms with E-state index in [1.807, 2.05) is 0 Å². The summed E-state index contributed by atoms with van der Waals surface area (Å²) in [5.74, 6) is -0.184. The van der Waals surface area contributed by atoms with Gasteiger partial charge in [-0.25, -0.2) is 0 Å². The smallest absolute Gasteiger partial charge is 0.154 e. The van der Waals surface area contributed by atoms with Crippen molar-refractivity contribution in [3.63, 3.8) is 0 Å². The summed E-state index contributed by atoms with van der Waals surface area (Å²) in [5, 5.41) is 29.1. The van der Waals surface area contributed by atoms with Crippen LogP contribution in [0.25, 0.3) is 5.57 Å². The van der Waals surface area contributed by atoms with Crippen LogP contribution in [0.2, 0.25) is 0 Å². The molecule has 0 aliphatic rings. The number of hydrogen-bond donors (Lipinski definition) is 3. The lowest BCUT2D eigenvalue weighted by molar-refractivity contribution is 0.0872. The normalized spacial score (nSPS) is 14.4. The topological polar surface area (TPSA) is 77.8 Å². The molecule has 0 aliphatic carbocycles. The lowest BCUT2D eigenvalue weighted by Gasteiger charge is -2.19. The summed E-state index contributed by atoms with van der Waals surface area (Å²) < 4.78 is 0. The number of phenols is 1. The van der Waals surface area contributed by atoms with Crippen molar-refractivity contribution >= 4 is 11.9 Å². The summed E-state index contributed by atoms with van der Waals surface area (Å²) in [6.45, 7) is 5.38. The molecule has 0 aromatic heterocycles. The Morgan fingerprint density at radius 3 is 2.61 bits per heavy atom. The summed E-state index contributed by atoms with van der Waals surface area (Å²) in [5.41, 5.74) is 0.550. The van der Waals surface area contributed by atoms with Crippen LogP contribution in [-0.2, 0) is 0 Å². The van der Waals surface area contributed by atoms with E-state index in [4.69, 9.17) is 0 Å². The van der Waals surface area contributed by atoms with E-state index in [-0.39, 0.29) is 16.9 Å². The molecule has 0 saturated heterocycles. The second-order valence-corrected chi connectivity index (χ2v) is 3.84. The molecule has 4 heteroatoms. The summed E-state index contributed by atoms with van der Waals surface area (Å²) in [6, 6.07) is 4.46. The van der Waals surface area contributed by atoms with Crippen LogP contribution in [0.4, 0.5) is 0 Å². The first-order chi connectivity index (χ1) is 8.52. The first-order valence-corrected chi connectivity index (χ1v) is 5.48. The van der Waals surface area contributed by atoms with Gasteiger partial charge in [0, 0.05) is 0 Å². The van der Waals surface area contributed by atoms with E-state index in [0.717, 1.165) is 0 Å². The largest absolute Gasteiger partial charge is 0.507 e. The van der Waals surface area contributed by atoms with Gasteiger partial charge in [-0.2, -0.15) is 0 Å². The van der Waals surface area contributed by atoms with E-state index in [1.54, 1.807) is 19.1 Å². The van der Waals surface area contributed by atoms with Gasteiger partial charge in [0.2, 0.25) is 0 Å². The Bertz CT molecular complexity index is 477. The molecule has 0 saturated carbocycles.